The van der Waals surface area contributed by atoms with Crippen LogP contribution in [0.3, 0.4) is 0 Å². The Morgan fingerprint density at radius 3 is 2.94 bits per heavy atom. The number of ether oxygens (including phenoxy) is 1. The molecule has 0 bridgehead atoms. The lowest BCUT2D eigenvalue weighted by Crippen LogP contribution is -2.44. The number of hydrogen-bond acceptors (Lipinski definition) is 3. The minimum atomic E-state index is -0.403. The molecular formula is C11H18N2O3. The van der Waals surface area contributed by atoms with Crippen LogP contribution in [0, 0.1) is 0 Å². The molecule has 1 rings (SSSR count). The first-order valence-corrected chi connectivity index (χ1v) is 5.47. The minimum absolute atomic E-state index is 0.0636. The topological polar surface area (TPSA) is 58.6 Å². The Bertz CT molecular complexity index is 300. The summed E-state index contributed by atoms with van der Waals surface area (Å²) in [5, 5.41) is 2.54. The number of amides is 2. The molecule has 0 spiro atoms. The molecule has 0 aromatic heterocycles. The van der Waals surface area contributed by atoms with Crippen LogP contribution in [0.2, 0.25) is 0 Å². The molecule has 1 N–H and O–H groups in total. The second-order valence-corrected chi connectivity index (χ2v) is 3.72. The summed E-state index contributed by atoms with van der Waals surface area (Å²) < 4.78 is 4.72. The van der Waals surface area contributed by atoms with Crippen molar-refractivity contribution in [2.75, 3.05) is 26.2 Å². The van der Waals surface area contributed by atoms with E-state index < -0.39 is 5.97 Å². The summed E-state index contributed by atoms with van der Waals surface area (Å²) in [5.41, 5.74) is 1.18. The van der Waals surface area contributed by atoms with Crippen LogP contribution in [0.25, 0.3) is 0 Å². The summed E-state index contributed by atoms with van der Waals surface area (Å²) >= 11 is 0. The quantitative estimate of drug-likeness (QED) is 0.575. The van der Waals surface area contributed by atoms with Crippen molar-refractivity contribution in [3.8, 4) is 0 Å². The highest BCUT2D eigenvalue weighted by molar-refractivity contribution is 5.81. The van der Waals surface area contributed by atoms with Crippen LogP contribution in [0.4, 0.5) is 4.79 Å². The zero-order valence-corrected chi connectivity index (χ0v) is 9.78. The van der Waals surface area contributed by atoms with Gasteiger partial charge in [0.15, 0.2) is 0 Å². The second-order valence-electron chi connectivity index (χ2n) is 3.72. The maximum Gasteiger partial charge on any atom is 0.325 e. The van der Waals surface area contributed by atoms with E-state index in [9.17, 15) is 9.59 Å². The van der Waals surface area contributed by atoms with E-state index in [1.165, 1.54) is 5.57 Å². The van der Waals surface area contributed by atoms with Crippen LogP contribution in [-0.2, 0) is 9.53 Å². The first-order valence-electron chi connectivity index (χ1n) is 5.47. The van der Waals surface area contributed by atoms with E-state index in [4.69, 9.17) is 4.74 Å². The van der Waals surface area contributed by atoms with Crippen molar-refractivity contribution in [3.05, 3.63) is 11.6 Å². The molecule has 1 aliphatic heterocycles. The van der Waals surface area contributed by atoms with Gasteiger partial charge >= 0.3 is 12.0 Å². The number of carbonyl (C=O) groups excluding carboxylic acids is 2. The van der Waals surface area contributed by atoms with Crippen molar-refractivity contribution in [2.24, 2.45) is 0 Å². The molecule has 0 aliphatic carbocycles. The molecule has 16 heavy (non-hydrogen) atoms. The molecule has 0 radical (unpaired) electrons. The summed E-state index contributed by atoms with van der Waals surface area (Å²) in [6.07, 6.45) is 2.99. The van der Waals surface area contributed by atoms with Gasteiger partial charge in [0.05, 0.1) is 6.61 Å². The van der Waals surface area contributed by atoms with Gasteiger partial charge in [0.1, 0.15) is 6.54 Å². The predicted octanol–water partition coefficient (Wildman–Crippen LogP) is 0.911. The molecule has 0 saturated carbocycles. The Labute approximate surface area is 95.4 Å². The molecule has 0 unspecified atom stereocenters. The van der Waals surface area contributed by atoms with Gasteiger partial charge < -0.3 is 15.0 Å². The van der Waals surface area contributed by atoms with Crippen molar-refractivity contribution in [1.29, 1.82) is 0 Å². The number of urea groups is 1. The molecule has 0 saturated heterocycles. The van der Waals surface area contributed by atoms with Gasteiger partial charge in [-0.15, -0.1) is 0 Å². The van der Waals surface area contributed by atoms with Crippen LogP contribution in [0.5, 0.6) is 0 Å². The molecule has 0 fully saturated rings. The third-order valence-electron chi connectivity index (χ3n) is 2.31. The Hall–Kier alpha value is -1.52. The maximum absolute atomic E-state index is 11.6. The standard InChI is InChI=1S/C11H18N2O3/c1-3-16-10(14)7-12-11(15)13-6-4-5-9(2)8-13/h5H,3-4,6-8H2,1-2H3,(H,12,15). The van der Waals surface area contributed by atoms with E-state index in [1.807, 2.05) is 6.92 Å². The number of nitrogens with zero attached hydrogens (tertiary/aromatic N) is 1. The highest BCUT2D eigenvalue weighted by Crippen LogP contribution is 2.08. The summed E-state index contributed by atoms with van der Waals surface area (Å²) in [6.45, 7) is 5.33. The first kappa shape index (κ1) is 12.5. The fraction of sp³-hybridized carbons (Fsp3) is 0.636. The molecule has 5 heteroatoms. The fourth-order valence-electron chi connectivity index (χ4n) is 1.56. The third-order valence-corrected chi connectivity index (χ3v) is 2.31. The maximum atomic E-state index is 11.6. The van der Waals surface area contributed by atoms with Gasteiger partial charge in [0, 0.05) is 13.1 Å². The normalized spacial score (nSPS) is 15.4. The van der Waals surface area contributed by atoms with Gasteiger partial charge in [-0.25, -0.2) is 4.79 Å². The van der Waals surface area contributed by atoms with Crippen molar-refractivity contribution in [2.45, 2.75) is 20.3 Å². The van der Waals surface area contributed by atoms with Gasteiger partial charge in [-0.1, -0.05) is 11.6 Å². The Morgan fingerprint density at radius 2 is 2.31 bits per heavy atom. The van der Waals surface area contributed by atoms with Crippen LogP contribution >= 0.6 is 0 Å². The van der Waals surface area contributed by atoms with E-state index in [0.717, 1.165) is 6.42 Å². The number of nitrogens with one attached hydrogen (secondary N) is 1. The Morgan fingerprint density at radius 1 is 1.56 bits per heavy atom. The van der Waals surface area contributed by atoms with Gasteiger partial charge in [-0.3, -0.25) is 4.79 Å². The SMILES string of the molecule is CCOC(=O)CNC(=O)N1CCC=C(C)C1. The van der Waals surface area contributed by atoms with E-state index in [1.54, 1.807) is 11.8 Å². The molecule has 1 heterocycles. The lowest BCUT2D eigenvalue weighted by molar-refractivity contribution is -0.141. The molecule has 90 valence electrons. The van der Waals surface area contributed by atoms with Crippen LogP contribution in [-0.4, -0.2) is 43.1 Å². The Kier molecular flexibility index (Phi) is 4.82. The molecular weight excluding hydrogens is 208 g/mol. The van der Waals surface area contributed by atoms with Gasteiger partial charge in [0.2, 0.25) is 0 Å². The lowest BCUT2D eigenvalue weighted by atomic mass is 10.1. The molecule has 0 aromatic rings. The number of rotatable bonds is 3. The third kappa shape index (κ3) is 3.92. The van der Waals surface area contributed by atoms with Crippen molar-refractivity contribution < 1.29 is 14.3 Å². The number of carbonyl (C=O) groups is 2. The van der Waals surface area contributed by atoms with Gasteiger partial charge in [0.25, 0.3) is 0 Å². The predicted molar refractivity (Wildman–Crippen MR) is 60.0 cm³/mol. The lowest BCUT2D eigenvalue weighted by Gasteiger charge is -2.26. The zero-order valence-electron chi connectivity index (χ0n) is 9.78. The van der Waals surface area contributed by atoms with E-state index in [2.05, 4.69) is 11.4 Å². The number of hydrogen-bond donors (Lipinski definition) is 1. The Balaban J connectivity index is 2.30. The van der Waals surface area contributed by atoms with Crippen LogP contribution in [0.15, 0.2) is 11.6 Å². The van der Waals surface area contributed by atoms with E-state index in [0.29, 0.717) is 19.7 Å². The summed E-state index contributed by atoms with van der Waals surface area (Å²) in [4.78, 5) is 24.3. The van der Waals surface area contributed by atoms with E-state index >= 15 is 0 Å². The first-order chi connectivity index (χ1) is 7.63. The molecule has 1 aliphatic rings. The largest absolute Gasteiger partial charge is 0.465 e. The highest BCUT2D eigenvalue weighted by atomic mass is 16.5. The summed E-state index contributed by atoms with van der Waals surface area (Å²) in [6, 6.07) is -0.208. The van der Waals surface area contributed by atoms with Crippen molar-refractivity contribution in [3.63, 3.8) is 0 Å². The highest BCUT2D eigenvalue weighted by Gasteiger charge is 2.16. The van der Waals surface area contributed by atoms with Crippen LogP contribution in [0.1, 0.15) is 20.3 Å². The van der Waals surface area contributed by atoms with Crippen LogP contribution < -0.4 is 5.32 Å². The molecule has 5 nitrogen and oxygen atoms in total. The molecule has 2 amide bonds. The summed E-state index contributed by atoms with van der Waals surface area (Å²) in [7, 11) is 0. The fourth-order valence-corrected chi connectivity index (χ4v) is 1.56. The summed E-state index contributed by atoms with van der Waals surface area (Å²) in [5.74, 6) is -0.403. The molecule has 0 atom stereocenters. The smallest absolute Gasteiger partial charge is 0.325 e. The van der Waals surface area contributed by atoms with Gasteiger partial charge in [-0.05, 0) is 20.3 Å². The van der Waals surface area contributed by atoms with Crippen molar-refractivity contribution >= 4 is 12.0 Å². The van der Waals surface area contributed by atoms with Crippen molar-refractivity contribution in [1.82, 2.24) is 10.2 Å². The number of esters is 1. The monoisotopic (exact) mass is 226 g/mol. The average molecular weight is 226 g/mol. The van der Waals surface area contributed by atoms with E-state index in [-0.39, 0.29) is 12.6 Å². The minimum Gasteiger partial charge on any atom is -0.465 e. The van der Waals surface area contributed by atoms with Gasteiger partial charge in [-0.2, -0.15) is 0 Å². The second kappa shape index (κ2) is 6.15. The molecule has 0 aromatic carbocycles. The average Bonchev–Trinajstić information content (AvgIpc) is 2.26. The zero-order chi connectivity index (χ0) is 12.0.